The number of esters is 1. The number of aliphatic carboxylic acids is 1. The first-order chi connectivity index (χ1) is 19.3. The molecule has 9 atom stereocenters. The van der Waals surface area contributed by atoms with Crippen LogP contribution in [0.1, 0.15) is 92.4 Å². The highest BCUT2D eigenvalue weighted by Crippen LogP contribution is 2.60. The van der Waals surface area contributed by atoms with Crippen molar-refractivity contribution < 1.29 is 48.3 Å². The molecule has 2 amide bonds. The zero-order valence-electron chi connectivity index (χ0n) is 24.8. The number of hydrogen-bond donors (Lipinski definition) is 3. The summed E-state index contributed by atoms with van der Waals surface area (Å²) in [5.41, 5.74) is -0.740. The molecule has 4 aliphatic heterocycles. The van der Waals surface area contributed by atoms with Crippen LogP contribution in [0, 0.1) is 29.6 Å². The molecule has 1 saturated carbocycles. The third-order valence-corrected chi connectivity index (χ3v) is 9.14. The highest BCUT2D eigenvalue weighted by Gasteiger charge is 2.69. The van der Waals surface area contributed by atoms with Gasteiger partial charge in [0.1, 0.15) is 6.04 Å². The molecule has 0 aromatic carbocycles. The minimum absolute atomic E-state index is 0.0274. The molecular formula is C29H46N2O10. The molecule has 0 radical (unpaired) electrons. The van der Waals surface area contributed by atoms with Crippen molar-refractivity contribution in [2.24, 2.45) is 29.6 Å². The fourth-order valence-electron chi connectivity index (χ4n) is 6.94. The average molecular weight is 583 g/mol. The van der Waals surface area contributed by atoms with Gasteiger partial charge in [0, 0.05) is 37.6 Å². The Morgan fingerprint density at radius 1 is 1.00 bits per heavy atom. The smallest absolute Gasteiger partial charge is 0.326 e. The summed E-state index contributed by atoms with van der Waals surface area (Å²) in [7, 11) is 0. The van der Waals surface area contributed by atoms with Gasteiger partial charge in [-0.05, 0) is 56.8 Å². The van der Waals surface area contributed by atoms with E-state index in [2.05, 4.69) is 17.6 Å². The number of rotatable bonds is 12. The summed E-state index contributed by atoms with van der Waals surface area (Å²) < 4.78 is 18.3. The number of hydrogen-bond acceptors (Lipinski definition) is 9. The largest absolute Gasteiger partial charge is 0.480 e. The molecule has 4 heterocycles. The van der Waals surface area contributed by atoms with Crippen molar-refractivity contribution in [3.8, 4) is 0 Å². The van der Waals surface area contributed by atoms with Gasteiger partial charge in [-0.3, -0.25) is 14.4 Å². The van der Waals surface area contributed by atoms with Gasteiger partial charge in [0.05, 0.1) is 6.42 Å². The maximum absolute atomic E-state index is 12.7. The van der Waals surface area contributed by atoms with Crippen molar-refractivity contribution in [2.75, 3.05) is 6.54 Å². The monoisotopic (exact) mass is 582 g/mol. The van der Waals surface area contributed by atoms with E-state index in [0.29, 0.717) is 25.2 Å². The molecule has 12 heteroatoms. The van der Waals surface area contributed by atoms with Gasteiger partial charge in [0.15, 0.2) is 11.9 Å². The van der Waals surface area contributed by atoms with Crippen molar-refractivity contribution in [3.05, 3.63) is 0 Å². The number of nitrogens with one attached hydrogen (secondary N) is 2. The topological polar surface area (TPSA) is 159 Å². The highest BCUT2D eigenvalue weighted by atomic mass is 17.3. The summed E-state index contributed by atoms with van der Waals surface area (Å²) in [6.07, 6.45) is 2.56. The number of carboxylic acids is 1. The molecule has 5 fully saturated rings. The summed E-state index contributed by atoms with van der Waals surface area (Å²) in [6, 6.07) is -0.930. The lowest BCUT2D eigenvalue weighted by molar-refractivity contribution is -0.576. The minimum Gasteiger partial charge on any atom is -0.480 e. The maximum atomic E-state index is 12.7. The molecule has 3 N–H and O–H groups in total. The van der Waals surface area contributed by atoms with E-state index in [0.717, 1.165) is 19.3 Å². The first-order valence-corrected chi connectivity index (χ1v) is 15.0. The molecule has 5 aliphatic rings. The van der Waals surface area contributed by atoms with Crippen LogP contribution in [0.15, 0.2) is 0 Å². The Balaban J connectivity index is 1.21. The lowest BCUT2D eigenvalue weighted by Crippen LogP contribution is -2.70. The lowest BCUT2D eigenvalue weighted by Gasteiger charge is -2.59. The van der Waals surface area contributed by atoms with Gasteiger partial charge >= 0.3 is 11.9 Å². The molecule has 1 aliphatic carbocycles. The van der Waals surface area contributed by atoms with Crippen LogP contribution in [0.3, 0.4) is 0 Å². The zero-order chi connectivity index (χ0) is 29.9. The van der Waals surface area contributed by atoms with Gasteiger partial charge in [-0.1, -0.05) is 27.7 Å². The number of carbonyl (C=O) groups is 4. The van der Waals surface area contributed by atoms with Crippen LogP contribution in [0.4, 0.5) is 0 Å². The Kier molecular flexibility index (Phi) is 9.98. The number of amides is 2. The Bertz CT molecular complexity index is 991. The second-order valence-corrected chi connectivity index (χ2v) is 12.8. The van der Waals surface area contributed by atoms with Gasteiger partial charge in [0.2, 0.25) is 23.9 Å². The van der Waals surface area contributed by atoms with Gasteiger partial charge in [-0.25, -0.2) is 14.6 Å². The Labute approximate surface area is 241 Å². The predicted octanol–water partition coefficient (Wildman–Crippen LogP) is 3.03. The molecule has 41 heavy (non-hydrogen) atoms. The fourth-order valence-corrected chi connectivity index (χ4v) is 6.94. The molecule has 1 spiro atoms. The normalized spacial score (nSPS) is 36.5. The number of carbonyl (C=O) groups excluding carboxylic acids is 3. The Morgan fingerprint density at radius 2 is 1.76 bits per heavy atom. The molecule has 2 bridgehead atoms. The summed E-state index contributed by atoms with van der Waals surface area (Å²) in [4.78, 5) is 60.3. The highest BCUT2D eigenvalue weighted by molar-refractivity contribution is 5.83. The van der Waals surface area contributed by atoms with Crippen LogP contribution in [-0.2, 0) is 43.2 Å². The van der Waals surface area contributed by atoms with E-state index < -0.39 is 41.9 Å². The zero-order valence-corrected chi connectivity index (χ0v) is 24.8. The van der Waals surface area contributed by atoms with Crippen LogP contribution >= 0.6 is 0 Å². The second-order valence-electron chi connectivity index (χ2n) is 12.8. The van der Waals surface area contributed by atoms with E-state index in [1.807, 2.05) is 27.7 Å². The summed E-state index contributed by atoms with van der Waals surface area (Å²) >= 11 is 0. The van der Waals surface area contributed by atoms with Gasteiger partial charge in [-0.15, -0.1) is 0 Å². The van der Waals surface area contributed by atoms with E-state index in [1.165, 1.54) is 0 Å². The van der Waals surface area contributed by atoms with Crippen LogP contribution in [0.5, 0.6) is 0 Å². The van der Waals surface area contributed by atoms with E-state index in [9.17, 15) is 24.3 Å². The third kappa shape index (κ3) is 7.03. The molecule has 5 rings (SSSR count). The van der Waals surface area contributed by atoms with Crippen molar-refractivity contribution in [2.45, 2.75) is 122 Å². The summed E-state index contributed by atoms with van der Waals surface area (Å²) in [5.74, 6) is -2.61. The van der Waals surface area contributed by atoms with E-state index in [-0.39, 0.29) is 61.3 Å². The molecule has 0 unspecified atom stereocenters. The molecular weight excluding hydrogens is 536 g/mol. The van der Waals surface area contributed by atoms with Crippen molar-refractivity contribution in [3.63, 3.8) is 0 Å². The van der Waals surface area contributed by atoms with E-state index in [1.54, 1.807) is 0 Å². The van der Waals surface area contributed by atoms with Crippen LogP contribution in [-0.4, -0.2) is 65.4 Å². The number of ether oxygens (including phenoxy) is 3. The fraction of sp³-hybridized carbons (Fsp3) is 0.862. The second kappa shape index (κ2) is 12.9. The van der Waals surface area contributed by atoms with Crippen LogP contribution in [0.25, 0.3) is 0 Å². The minimum atomic E-state index is -1.07. The molecule has 0 aromatic rings. The standard InChI is InChI=1S/C29H46N2O10/c1-16(2)15-21(25(35)36)31-23(33)7-6-14-30-22(32)10-11-24(34)37-26-18(4)20-9-8-17(3)19-12-13-28(5)39-27(38-26)29(19,20)41-40-28/h16-21,26-27H,6-15H2,1-5H3,(H,30,32)(H,31,33)(H,35,36)/t17-,18+,19+,20+,21+,26-,27+,28-,29-/m1/s1. The maximum Gasteiger partial charge on any atom is 0.326 e. The van der Waals surface area contributed by atoms with Crippen molar-refractivity contribution in [1.29, 1.82) is 0 Å². The predicted molar refractivity (Wildman–Crippen MR) is 143 cm³/mol. The molecule has 4 saturated heterocycles. The van der Waals surface area contributed by atoms with E-state index >= 15 is 0 Å². The number of fused-ring (bicyclic) bond motifs is 2. The third-order valence-electron chi connectivity index (χ3n) is 9.14. The Hall–Kier alpha value is -2.28. The summed E-state index contributed by atoms with van der Waals surface area (Å²) in [6.45, 7) is 10.1. The van der Waals surface area contributed by atoms with Gasteiger partial charge in [-0.2, -0.15) is 0 Å². The first kappa shape index (κ1) is 31.7. The van der Waals surface area contributed by atoms with Gasteiger partial charge < -0.3 is 30.0 Å². The lowest BCUT2D eigenvalue weighted by atomic mass is 9.58. The first-order valence-electron chi connectivity index (χ1n) is 15.0. The van der Waals surface area contributed by atoms with Crippen molar-refractivity contribution >= 4 is 23.8 Å². The van der Waals surface area contributed by atoms with Crippen molar-refractivity contribution in [1.82, 2.24) is 10.6 Å². The van der Waals surface area contributed by atoms with Crippen LogP contribution in [0.2, 0.25) is 0 Å². The average Bonchev–Trinajstić information content (AvgIpc) is 3.13. The van der Waals surface area contributed by atoms with E-state index in [4.69, 9.17) is 24.0 Å². The SMILES string of the molecule is CC(C)C[C@H](NC(=O)CCCNC(=O)CCC(=O)O[C@@H]1O[C@H]2O[C@@]3(C)CC[C@H]4[C@H](C)CC[C@@H]([C@@H]1C)[C@@]24OO3)C(=O)O. The summed E-state index contributed by atoms with van der Waals surface area (Å²) in [5, 5.41) is 14.5. The molecule has 0 aromatic heterocycles. The number of carboxylic acid groups (broad SMARTS) is 1. The van der Waals surface area contributed by atoms with Crippen LogP contribution < -0.4 is 10.6 Å². The molecule has 12 nitrogen and oxygen atoms in total. The molecule has 232 valence electrons. The van der Waals surface area contributed by atoms with Gasteiger partial charge in [0.25, 0.3) is 0 Å². The quantitative estimate of drug-likeness (QED) is 0.177. The Morgan fingerprint density at radius 3 is 2.46 bits per heavy atom.